The number of aliphatic hydroxyl groups excluding tert-OH is 1. The maximum Gasteiger partial charge on any atom is 0.166 e. The molecule has 1 aliphatic heterocycles. The summed E-state index contributed by atoms with van der Waals surface area (Å²) in [6.45, 7) is 2.24. The first-order valence-corrected chi connectivity index (χ1v) is 12.9. The van der Waals surface area contributed by atoms with Gasteiger partial charge in [-0.1, -0.05) is 48.5 Å². The van der Waals surface area contributed by atoms with Crippen molar-refractivity contribution >= 4 is 0 Å². The number of methoxy groups -OCH3 is 1. The van der Waals surface area contributed by atoms with Gasteiger partial charge in [0.15, 0.2) is 6.35 Å². The molecule has 0 bridgehead atoms. The van der Waals surface area contributed by atoms with Crippen LogP contribution in [0, 0.1) is 0 Å². The van der Waals surface area contributed by atoms with Gasteiger partial charge in [-0.05, 0) is 74.7 Å². The van der Waals surface area contributed by atoms with Crippen LogP contribution in [0.25, 0.3) is 0 Å². The summed E-state index contributed by atoms with van der Waals surface area (Å²) in [7, 11) is 6.10. The molecule has 1 aliphatic carbocycles. The van der Waals surface area contributed by atoms with Crippen LogP contribution < -0.4 is 4.74 Å². The summed E-state index contributed by atoms with van der Waals surface area (Å²) in [6, 6.07) is 23.2. The van der Waals surface area contributed by atoms with E-state index < -0.39 is 6.35 Å². The molecule has 3 aromatic rings. The van der Waals surface area contributed by atoms with Gasteiger partial charge in [-0.15, -0.1) is 0 Å². The zero-order valence-corrected chi connectivity index (χ0v) is 21.7. The van der Waals surface area contributed by atoms with E-state index in [1.54, 1.807) is 7.11 Å². The molecule has 1 spiro atoms. The number of aromatic nitrogens is 1. The van der Waals surface area contributed by atoms with E-state index in [9.17, 15) is 5.11 Å². The van der Waals surface area contributed by atoms with E-state index in [1.165, 1.54) is 11.1 Å². The van der Waals surface area contributed by atoms with Gasteiger partial charge < -0.3 is 9.84 Å². The molecule has 36 heavy (non-hydrogen) atoms. The lowest BCUT2D eigenvalue weighted by atomic mass is 9.68. The van der Waals surface area contributed by atoms with Crippen LogP contribution in [0.3, 0.4) is 0 Å². The van der Waals surface area contributed by atoms with Crippen molar-refractivity contribution in [2.24, 2.45) is 0 Å². The highest BCUT2D eigenvalue weighted by molar-refractivity contribution is 5.29. The first-order valence-electron chi connectivity index (χ1n) is 12.9. The first kappa shape index (κ1) is 24.9. The van der Waals surface area contributed by atoms with Gasteiger partial charge in [-0.2, -0.15) is 0 Å². The molecule has 2 heterocycles. The molecule has 2 aliphatic rings. The van der Waals surface area contributed by atoms with Crippen LogP contribution in [0.5, 0.6) is 5.75 Å². The summed E-state index contributed by atoms with van der Waals surface area (Å²) in [5, 5.41) is 11.6. The minimum Gasteiger partial charge on any atom is -0.497 e. The summed E-state index contributed by atoms with van der Waals surface area (Å²) in [5.41, 5.74) is 3.62. The molecule has 1 saturated heterocycles. The molecule has 0 radical (unpaired) electrons. The van der Waals surface area contributed by atoms with E-state index in [-0.39, 0.29) is 11.1 Å². The van der Waals surface area contributed by atoms with Crippen LogP contribution in [0.1, 0.15) is 42.4 Å². The lowest BCUT2D eigenvalue weighted by molar-refractivity contribution is -0.0987. The molecule has 2 fully saturated rings. The molecule has 6 nitrogen and oxygen atoms in total. The van der Waals surface area contributed by atoms with E-state index >= 15 is 0 Å². The summed E-state index contributed by atoms with van der Waals surface area (Å²) >= 11 is 0. The van der Waals surface area contributed by atoms with E-state index in [0.717, 1.165) is 43.5 Å². The molecular weight excluding hydrogens is 448 g/mol. The van der Waals surface area contributed by atoms with Crippen molar-refractivity contribution < 1.29 is 9.84 Å². The van der Waals surface area contributed by atoms with Gasteiger partial charge in [0, 0.05) is 43.1 Å². The Hall–Kier alpha value is -2.77. The summed E-state index contributed by atoms with van der Waals surface area (Å²) < 4.78 is 5.33. The number of hydrogen-bond acceptors (Lipinski definition) is 6. The maximum absolute atomic E-state index is 11.6. The Balaban J connectivity index is 1.42. The van der Waals surface area contributed by atoms with E-state index in [0.29, 0.717) is 13.1 Å². The van der Waals surface area contributed by atoms with Crippen LogP contribution in [0.15, 0.2) is 79.1 Å². The lowest BCUT2D eigenvalue weighted by Crippen LogP contribution is -2.55. The SMILES string of the molecule is COc1ccc(CN2CC3(CCC(c4ccccc4)(N(C)C)CC3)N(Cc3cccnc3)C2O)cc1. The predicted octanol–water partition coefficient (Wildman–Crippen LogP) is 4.45. The fourth-order valence-electron chi connectivity index (χ4n) is 6.35. The minimum absolute atomic E-state index is 0.0147. The molecule has 0 amide bonds. The first-order chi connectivity index (χ1) is 17.5. The van der Waals surface area contributed by atoms with E-state index in [1.807, 2.05) is 30.6 Å². The molecule has 1 aromatic heterocycles. The normalized spacial score (nSPS) is 27.1. The van der Waals surface area contributed by atoms with Crippen molar-refractivity contribution in [2.45, 2.75) is 56.2 Å². The predicted molar refractivity (Wildman–Crippen MR) is 142 cm³/mol. The van der Waals surface area contributed by atoms with Crippen LogP contribution in [0.2, 0.25) is 0 Å². The van der Waals surface area contributed by atoms with Crippen molar-refractivity contribution in [2.75, 3.05) is 27.7 Å². The molecule has 2 aromatic carbocycles. The second-order valence-electron chi connectivity index (χ2n) is 10.6. The third kappa shape index (κ3) is 4.66. The molecular formula is C30H38N4O2. The van der Waals surface area contributed by atoms with Gasteiger partial charge >= 0.3 is 0 Å². The average molecular weight is 487 g/mol. The van der Waals surface area contributed by atoms with Gasteiger partial charge in [-0.25, -0.2) is 0 Å². The average Bonchev–Trinajstić information content (AvgIpc) is 3.16. The maximum atomic E-state index is 11.6. The highest BCUT2D eigenvalue weighted by Crippen LogP contribution is 2.50. The Bertz CT molecular complexity index is 1110. The molecule has 1 saturated carbocycles. The number of benzene rings is 2. The molecule has 1 unspecified atom stereocenters. The van der Waals surface area contributed by atoms with Gasteiger partial charge in [0.1, 0.15) is 5.75 Å². The minimum atomic E-state index is -0.643. The molecule has 1 N–H and O–H groups in total. The number of hydrogen-bond donors (Lipinski definition) is 1. The van der Waals surface area contributed by atoms with Crippen molar-refractivity contribution in [1.82, 2.24) is 19.7 Å². The fraction of sp³-hybridized carbons (Fsp3) is 0.433. The van der Waals surface area contributed by atoms with Crippen molar-refractivity contribution in [3.05, 3.63) is 95.8 Å². The summed E-state index contributed by atoms with van der Waals surface area (Å²) in [5.74, 6) is 0.851. The number of pyridine rings is 1. The van der Waals surface area contributed by atoms with Crippen LogP contribution in [-0.2, 0) is 18.6 Å². The second-order valence-corrected chi connectivity index (χ2v) is 10.6. The van der Waals surface area contributed by atoms with Gasteiger partial charge in [0.25, 0.3) is 0 Å². The topological polar surface area (TPSA) is 52.1 Å². The summed E-state index contributed by atoms with van der Waals surface area (Å²) in [6.07, 6.45) is 7.24. The number of ether oxygens (including phenoxy) is 1. The number of nitrogens with zero attached hydrogens (tertiary/aromatic N) is 4. The Morgan fingerprint density at radius 1 is 0.917 bits per heavy atom. The van der Waals surface area contributed by atoms with Crippen molar-refractivity contribution in [1.29, 1.82) is 0 Å². The monoisotopic (exact) mass is 486 g/mol. The Morgan fingerprint density at radius 2 is 1.64 bits per heavy atom. The number of aliphatic hydroxyl groups is 1. The van der Waals surface area contributed by atoms with E-state index in [2.05, 4.69) is 82.3 Å². The Morgan fingerprint density at radius 3 is 2.25 bits per heavy atom. The Kier molecular flexibility index (Phi) is 7.13. The van der Waals surface area contributed by atoms with Crippen LogP contribution in [-0.4, -0.2) is 64.4 Å². The smallest absolute Gasteiger partial charge is 0.166 e. The summed E-state index contributed by atoms with van der Waals surface area (Å²) in [4.78, 5) is 11.3. The molecule has 1 atom stereocenters. The largest absolute Gasteiger partial charge is 0.497 e. The fourth-order valence-corrected chi connectivity index (χ4v) is 6.35. The second kappa shape index (κ2) is 10.3. The standard InChI is InChI=1S/C30H38N4O2/c1-32(2)30(26-9-5-4-6-10-26)17-15-29(16-18-30)23-33(21-24-11-13-27(36-3)14-12-24)28(35)34(29)22-25-8-7-19-31-20-25/h4-14,19-20,28,35H,15-18,21-23H2,1-3H3. The quantitative estimate of drug-likeness (QED) is 0.532. The third-order valence-corrected chi connectivity index (χ3v) is 8.51. The van der Waals surface area contributed by atoms with Gasteiger partial charge in [0.05, 0.1) is 7.11 Å². The zero-order valence-electron chi connectivity index (χ0n) is 21.7. The van der Waals surface area contributed by atoms with Crippen LogP contribution in [0.4, 0.5) is 0 Å². The van der Waals surface area contributed by atoms with Crippen molar-refractivity contribution in [3.8, 4) is 5.75 Å². The zero-order chi connectivity index (χ0) is 25.2. The molecule has 6 heteroatoms. The van der Waals surface area contributed by atoms with Crippen molar-refractivity contribution in [3.63, 3.8) is 0 Å². The highest BCUT2D eigenvalue weighted by atomic mass is 16.5. The van der Waals surface area contributed by atoms with Gasteiger partial charge in [-0.3, -0.25) is 19.7 Å². The highest BCUT2D eigenvalue weighted by Gasteiger charge is 2.54. The number of rotatable bonds is 7. The Labute approximate surface area is 215 Å². The van der Waals surface area contributed by atoms with Gasteiger partial charge in [0.2, 0.25) is 0 Å². The molecule has 190 valence electrons. The van der Waals surface area contributed by atoms with E-state index in [4.69, 9.17) is 4.74 Å². The third-order valence-electron chi connectivity index (χ3n) is 8.51. The molecule has 5 rings (SSSR count). The lowest BCUT2D eigenvalue weighted by Gasteiger charge is -2.51. The van der Waals surface area contributed by atoms with Crippen LogP contribution >= 0.6 is 0 Å².